The lowest BCUT2D eigenvalue weighted by Gasteiger charge is -2.41. The van der Waals surface area contributed by atoms with Crippen molar-refractivity contribution >= 4 is 20.8 Å². The van der Waals surface area contributed by atoms with E-state index in [2.05, 4.69) is 8.37 Å². The van der Waals surface area contributed by atoms with E-state index >= 15 is 0 Å². The first-order valence-corrected chi connectivity index (χ1v) is 10.00. The molecule has 3 N–H and O–H groups in total. The van der Waals surface area contributed by atoms with Crippen molar-refractivity contribution in [2.75, 3.05) is 0 Å². The third-order valence-electron chi connectivity index (χ3n) is 3.50. The maximum Gasteiger partial charge on any atom is 0.397 e. The van der Waals surface area contributed by atoms with E-state index in [1.165, 1.54) is 6.92 Å². The Morgan fingerprint density at radius 2 is 1.50 bits per heavy atom. The van der Waals surface area contributed by atoms with Gasteiger partial charge in [0.25, 0.3) is 0 Å². The van der Waals surface area contributed by atoms with Crippen LogP contribution < -0.4 is 0 Å². The molecule has 1 saturated heterocycles. The lowest BCUT2D eigenvalue weighted by Crippen LogP contribution is -2.60. The molecule has 0 saturated carbocycles. The molecule has 1 fully saturated rings. The van der Waals surface area contributed by atoms with Crippen LogP contribution in [-0.4, -0.2) is 61.8 Å². The second kappa shape index (κ2) is 8.24. The van der Waals surface area contributed by atoms with Crippen molar-refractivity contribution in [3.63, 3.8) is 0 Å². The summed E-state index contributed by atoms with van der Waals surface area (Å²) in [6, 6.07) is 8.67. The average Bonchev–Trinajstić information content (AvgIpc) is 2.49. The molecule has 13 heteroatoms. The minimum absolute atomic E-state index is 0.0424. The fourth-order valence-electron chi connectivity index (χ4n) is 2.48. The Labute approximate surface area is 150 Å². The van der Waals surface area contributed by atoms with Gasteiger partial charge in [-0.05, 0) is 12.5 Å². The number of rotatable bonds is 7. The van der Waals surface area contributed by atoms with Crippen molar-refractivity contribution in [1.29, 1.82) is 0 Å². The van der Waals surface area contributed by atoms with Gasteiger partial charge >= 0.3 is 20.8 Å². The standard InChI is InChI=1S/C13H18O11S2/c1-8-10(21-7-9-5-3-2-4-6-9)11(23-25(15,16)17)12(13(14)22-8)24-26(18,19)20/h2-6,8,10-14H,7H2,1H3,(H,15,16,17)(H,18,19,20). The lowest BCUT2D eigenvalue weighted by molar-refractivity contribution is -0.276. The van der Waals surface area contributed by atoms with Gasteiger partial charge in [-0.15, -0.1) is 0 Å². The van der Waals surface area contributed by atoms with Gasteiger partial charge in [0.2, 0.25) is 0 Å². The number of aliphatic hydroxyl groups excluding tert-OH is 1. The predicted octanol–water partition coefficient (Wildman–Crippen LogP) is -0.315. The molecule has 5 atom stereocenters. The summed E-state index contributed by atoms with van der Waals surface area (Å²) >= 11 is 0. The summed E-state index contributed by atoms with van der Waals surface area (Å²) in [5, 5.41) is 9.84. The highest BCUT2D eigenvalue weighted by Gasteiger charge is 2.50. The summed E-state index contributed by atoms with van der Waals surface area (Å²) in [6.07, 6.45) is -8.05. The molecule has 2 rings (SSSR count). The van der Waals surface area contributed by atoms with Crippen LogP contribution in [0.3, 0.4) is 0 Å². The molecule has 0 bridgehead atoms. The van der Waals surface area contributed by atoms with Crippen molar-refractivity contribution in [2.24, 2.45) is 0 Å². The molecule has 1 heterocycles. The van der Waals surface area contributed by atoms with Crippen LogP contribution in [0, 0.1) is 0 Å². The molecular weight excluding hydrogens is 396 g/mol. The second-order valence-electron chi connectivity index (χ2n) is 5.47. The molecule has 0 radical (unpaired) electrons. The van der Waals surface area contributed by atoms with E-state index in [9.17, 15) is 21.9 Å². The Hall–Kier alpha value is -1.16. The molecule has 11 nitrogen and oxygen atoms in total. The van der Waals surface area contributed by atoms with Crippen LogP contribution in [0.15, 0.2) is 30.3 Å². The van der Waals surface area contributed by atoms with Crippen LogP contribution in [0.4, 0.5) is 0 Å². The van der Waals surface area contributed by atoms with E-state index in [4.69, 9.17) is 18.6 Å². The van der Waals surface area contributed by atoms with Crippen molar-refractivity contribution in [3.05, 3.63) is 35.9 Å². The van der Waals surface area contributed by atoms with Crippen LogP contribution in [0.2, 0.25) is 0 Å². The Balaban J connectivity index is 2.28. The van der Waals surface area contributed by atoms with E-state index in [0.717, 1.165) is 0 Å². The normalized spacial score (nSPS) is 30.2. The van der Waals surface area contributed by atoms with Gasteiger partial charge in [-0.3, -0.25) is 9.11 Å². The summed E-state index contributed by atoms with van der Waals surface area (Å²) in [6.45, 7) is 1.36. The van der Waals surface area contributed by atoms with Gasteiger partial charge in [0.15, 0.2) is 12.4 Å². The summed E-state index contributed by atoms with van der Waals surface area (Å²) in [5.41, 5.74) is 0.698. The molecule has 26 heavy (non-hydrogen) atoms. The average molecular weight is 414 g/mol. The van der Waals surface area contributed by atoms with Crippen LogP contribution in [0.1, 0.15) is 12.5 Å². The maximum atomic E-state index is 11.1. The maximum absolute atomic E-state index is 11.1. The molecule has 0 amide bonds. The van der Waals surface area contributed by atoms with Crippen LogP contribution >= 0.6 is 0 Å². The minimum Gasteiger partial charge on any atom is -0.368 e. The van der Waals surface area contributed by atoms with E-state index < -0.39 is 51.5 Å². The van der Waals surface area contributed by atoms with Gasteiger partial charge in [-0.1, -0.05) is 30.3 Å². The van der Waals surface area contributed by atoms with Crippen LogP contribution in [-0.2, 0) is 45.2 Å². The molecule has 0 aromatic heterocycles. The highest BCUT2D eigenvalue weighted by atomic mass is 32.3. The van der Waals surface area contributed by atoms with Gasteiger partial charge in [-0.2, -0.15) is 16.8 Å². The zero-order chi connectivity index (χ0) is 19.5. The van der Waals surface area contributed by atoms with Crippen molar-refractivity contribution < 1.29 is 48.9 Å². The van der Waals surface area contributed by atoms with E-state index in [0.29, 0.717) is 5.56 Å². The number of hydrogen-bond donors (Lipinski definition) is 3. The number of aliphatic hydroxyl groups is 1. The Kier molecular flexibility index (Phi) is 6.70. The van der Waals surface area contributed by atoms with Gasteiger partial charge in [0.1, 0.15) is 12.2 Å². The van der Waals surface area contributed by atoms with E-state index in [-0.39, 0.29) is 6.61 Å². The van der Waals surface area contributed by atoms with Crippen molar-refractivity contribution in [1.82, 2.24) is 0 Å². The number of hydrogen-bond acceptors (Lipinski definition) is 9. The zero-order valence-electron chi connectivity index (χ0n) is 13.4. The third kappa shape index (κ3) is 6.22. The monoisotopic (exact) mass is 414 g/mol. The largest absolute Gasteiger partial charge is 0.397 e. The highest BCUT2D eigenvalue weighted by molar-refractivity contribution is 7.81. The number of ether oxygens (including phenoxy) is 2. The summed E-state index contributed by atoms with van der Waals surface area (Å²) < 4.78 is 81.3. The summed E-state index contributed by atoms with van der Waals surface area (Å²) in [5.74, 6) is 0. The van der Waals surface area contributed by atoms with Crippen LogP contribution in [0.25, 0.3) is 0 Å². The topological polar surface area (TPSA) is 166 Å². The smallest absolute Gasteiger partial charge is 0.368 e. The van der Waals surface area contributed by atoms with Crippen molar-refractivity contribution in [2.45, 2.75) is 44.2 Å². The Morgan fingerprint density at radius 3 is 2.04 bits per heavy atom. The third-order valence-corrected chi connectivity index (χ3v) is 4.43. The first-order valence-electron chi connectivity index (χ1n) is 7.27. The van der Waals surface area contributed by atoms with Crippen LogP contribution in [0.5, 0.6) is 0 Å². The quantitative estimate of drug-likeness (QED) is 0.501. The summed E-state index contributed by atoms with van der Waals surface area (Å²) in [4.78, 5) is 0. The molecule has 0 spiro atoms. The molecule has 1 aromatic carbocycles. The molecule has 148 valence electrons. The fraction of sp³-hybridized carbons (Fsp3) is 0.538. The Bertz CT molecular complexity index is 793. The fourth-order valence-corrected chi connectivity index (χ4v) is 3.47. The first kappa shape index (κ1) is 21.1. The van der Waals surface area contributed by atoms with Gasteiger partial charge in [-0.25, -0.2) is 8.37 Å². The van der Waals surface area contributed by atoms with Gasteiger partial charge in [0.05, 0.1) is 12.7 Å². The molecular formula is C13H18O11S2. The van der Waals surface area contributed by atoms with Gasteiger partial charge < -0.3 is 14.6 Å². The Morgan fingerprint density at radius 1 is 0.962 bits per heavy atom. The minimum atomic E-state index is -5.11. The predicted molar refractivity (Wildman–Crippen MR) is 84.4 cm³/mol. The molecule has 0 aliphatic carbocycles. The van der Waals surface area contributed by atoms with E-state index in [1.807, 2.05) is 0 Å². The van der Waals surface area contributed by atoms with Gasteiger partial charge in [0, 0.05) is 0 Å². The van der Waals surface area contributed by atoms with Crippen molar-refractivity contribution in [3.8, 4) is 0 Å². The molecule has 1 aliphatic rings. The number of benzene rings is 1. The zero-order valence-corrected chi connectivity index (χ0v) is 15.0. The van der Waals surface area contributed by atoms with E-state index in [1.54, 1.807) is 30.3 Å². The second-order valence-corrected chi connectivity index (χ2v) is 7.57. The lowest BCUT2D eigenvalue weighted by atomic mass is 10.00. The first-order chi connectivity index (χ1) is 12.0. The summed E-state index contributed by atoms with van der Waals surface area (Å²) in [7, 11) is -10.2. The SMILES string of the molecule is CC1OC(O)C(OS(=O)(=O)O)C(OS(=O)(=O)O)C1OCc1ccccc1. The molecule has 1 aliphatic heterocycles. The molecule has 1 aromatic rings. The highest BCUT2D eigenvalue weighted by Crippen LogP contribution is 2.29. The molecule has 5 unspecified atom stereocenters.